The minimum absolute atomic E-state index is 0.629. The highest BCUT2D eigenvalue weighted by atomic mass is 16.5. The van der Waals surface area contributed by atoms with Crippen LogP contribution in [-0.2, 0) is 6.54 Å². The molecule has 0 heterocycles. The maximum atomic E-state index is 5.72. The zero-order valence-electron chi connectivity index (χ0n) is 11.3. The molecule has 0 aliphatic rings. The van der Waals surface area contributed by atoms with Crippen LogP contribution in [0.5, 0.6) is 5.75 Å². The van der Waals surface area contributed by atoms with Gasteiger partial charge in [-0.15, -0.1) is 0 Å². The Labute approximate surface area is 114 Å². The zero-order valence-corrected chi connectivity index (χ0v) is 11.3. The molecule has 0 saturated carbocycles. The Kier molecular flexibility index (Phi) is 4.81. The van der Waals surface area contributed by atoms with E-state index < -0.39 is 0 Å². The molecule has 0 amide bonds. The van der Waals surface area contributed by atoms with Crippen LogP contribution in [0.25, 0.3) is 0 Å². The Balaban J connectivity index is 2.21. The first-order chi connectivity index (χ1) is 9.35. The summed E-state index contributed by atoms with van der Waals surface area (Å²) >= 11 is 0. The zero-order chi connectivity index (χ0) is 13.5. The second-order valence-corrected chi connectivity index (χ2v) is 4.36. The molecule has 0 atom stereocenters. The van der Waals surface area contributed by atoms with E-state index in [1.165, 1.54) is 11.3 Å². The predicted molar refractivity (Wildman–Crippen MR) is 79.5 cm³/mol. The topological polar surface area (TPSA) is 38.5 Å². The van der Waals surface area contributed by atoms with Gasteiger partial charge in [0.2, 0.25) is 0 Å². The first-order valence-electron chi connectivity index (χ1n) is 6.47. The van der Waals surface area contributed by atoms with Gasteiger partial charge >= 0.3 is 0 Å². The van der Waals surface area contributed by atoms with Gasteiger partial charge in [-0.3, -0.25) is 0 Å². The molecular weight excluding hydrogens is 236 g/mol. The van der Waals surface area contributed by atoms with E-state index in [1.54, 1.807) is 7.11 Å². The lowest BCUT2D eigenvalue weighted by Crippen LogP contribution is -2.29. The molecule has 19 heavy (non-hydrogen) atoms. The fourth-order valence-corrected chi connectivity index (χ4v) is 2.13. The van der Waals surface area contributed by atoms with Crippen molar-refractivity contribution < 1.29 is 4.74 Å². The van der Waals surface area contributed by atoms with Crippen molar-refractivity contribution in [3.63, 3.8) is 0 Å². The van der Waals surface area contributed by atoms with E-state index >= 15 is 0 Å². The van der Waals surface area contributed by atoms with Crippen LogP contribution in [0.4, 0.5) is 5.69 Å². The van der Waals surface area contributed by atoms with Crippen LogP contribution in [0.1, 0.15) is 5.56 Å². The standard InChI is InChI=1S/C16H20N2O/c1-19-16-10-6-5-7-14(16)13-18(12-11-17)15-8-3-2-4-9-15/h2-10H,11-13,17H2,1H3. The number of ether oxygens (including phenoxy) is 1. The van der Waals surface area contributed by atoms with Crippen LogP contribution in [0.15, 0.2) is 54.6 Å². The highest BCUT2D eigenvalue weighted by Gasteiger charge is 2.09. The second-order valence-electron chi connectivity index (χ2n) is 4.36. The van der Waals surface area contributed by atoms with E-state index in [0.29, 0.717) is 6.54 Å². The summed E-state index contributed by atoms with van der Waals surface area (Å²) < 4.78 is 5.40. The molecular formula is C16H20N2O. The third-order valence-electron chi connectivity index (χ3n) is 3.07. The molecule has 0 radical (unpaired) electrons. The summed E-state index contributed by atoms with van der Waals surface area (Å²) in [5.41, 5.74) is 8.07. The smallest absolute Gasteiger partial charge is 0.123 e. The monoisotopic (exact) mass is 256 g/mol. The number of hydrogen-bond acceptors (Lipinski definition) is 3. The number of benzene rings is 2. The van der Waals surface area contributed by atoms with E-state index in [-0.39, 0.29) is 0 Å². The van der Waals surface area contributed by atoms with Gasteiger partial charge in [-0.1, -0.05) is 36.4 Å². The SMILES string of the molecule is COc1ccccc1CN(CCN)c1ccccc1. The lowest BCUT2D eigenvalue weighted by Gasteiger charge is -2.25. The van der Waals surface area contributed by atoms with Crippen molar-refractivity contribution in [2.24, 2.45) is 5.73 Å². The Morgan fingerprint density at radius 1 is 1.00 bits per heavy atom. The molecule has 3 nitrogen and oxygen atoms in total. The maximum absolute atomic E-state index is 5.72. The van der Waals surface area contributed by atoms with Crippen molar-refractivity contribution in [3.8, 4) is 5.75 Å². The normalized spacial score (nSPS) is 10.2. The Hall–Kier alpha value is -2.00. The lowest BCUT2D eigenvalue weighted by molar-refractivity contribution is 0.409. The van der Waals surface area contributed by atoms with Gasteiger partial charge in [0.15, 0.2) is 0 Å². The van der Waals surface area contributed by atoms with Gasteiger partial charge in [0, 0.05) is 30.9 Å². The number of para-hydroxylation sites is 2. The van der Waals surface area contributed by atoms with Gasteiger partial charge < -0.3 is 15.4 Å². The quantitative estimate of drug-likeness (QED) is 0.863. The summed E-state index contributed by atoms with van der Waals surface area (Å²) in [4.78, 5) is 2.26. The van der Waals surface area contributed by atoms with Gasteiger partial charge in [-0.2, -0.15) is 0 Å². The molecule has 0 saturated heterocycles. The molecule has 2 aromatic rings. The van der Waals surface area contributed by atoms with Gasteiger partial charge in [0.25, 0.3) is 0 Å². The van der Waals surface area contributed by atoms with Gasteiger partial charge in [-0.25, -0.2) is 0 Å². The van der Waals surface area contributed by atoms with Crippen LogP contribution in [-0.4, -0.2) is 20.2 Å². The molecule has 100 valence electrons. The number of nitrogens with zero attached hydrogens (tertiary/aromatic N) is 1. The average Bonchev–Trinajstić information content (AvgIpc) is 2.48. The summed E-state index contributed by atoms with van der Waals surface area (Å²) in [7, 11) is 1.70. The van der Waals surface area contributed by atoms with E-state index in [2.05, 4.69) is 23.1 Å². The highest BCUT2D eigenvalue weighted by Crippen LogP contribution is 2.22. The van der Waals surface area contributed by atoms with Crippen LogP contribution in [0.2, 0.25) is 0 Å². The highest BCUT2D eigenvalue weighted by molar-refractivity contribution is 5.48. The first-order valence-corrected chi connectivity index (χ1v) is 6.47. The van der Waals surface area contributed by atoms with Gasteiger partial charge in [0.05, 0.1) is 7.11 Å². The summed E-state index contributed by atoms with van der Waals surface area (Å²) in [6, 6.07) is 18.4. The average molecular weight is 256 g/mol. The van der Waals surface area contributed by atoms with E-state index in [1.807, 2.05) is 36.4 Å². The molecule has 2 N–H and O–H groups in total. The molecule has 0 aromatic heterocycles. The Bertz CT molecular complexity index is 499. The fourth-order valence-electron chi connectivity index (χ4n) is 2.13. The third-order valence-corrected chi connectivity index (χ3v) is 3.07. The van der Waals surface area contributed by atoms with Crippen molar-refractivity contribution in [2.45, 2.75) is 6.54 Å². The van der Waals surface area contributed by atoms with Crippen molar-refractivity contribution >= 4 is 5.69 Å². The van der Waals surface area contributed by atoms with Crippen LogP contribution in [0.3, 0.4) is 0 Å². The number of nitrogens with two attached hydrogens (primary N) is 1. The number of anilines is 1. The van der Waals surface area contributed by atoms with Gasteiger partial charge in [0.1, 0.15) is 5.75 Å². The largest absolute Gasteiger partial charge is 0.496 e. The molecule has 3 heteroatoms. The molecule has 0 fully saturated rings. The molecule has 0 aliphatic heterocycles. The van der Waals surface area contributed by atoms with Crippen LogP contribution in [0, 0.1) is 0 Å². The Morgan fingerprint density at radius 2 is 1.68 bits per heavy atom. The minimum atomic E-state index is 0.629. The van der Waals surface area contributed by atoms with Crippen molar-refractivity contribution in [3.05, 3.63) is 60.2 Å². The summed E-state index contributed by atoms with van der Waals surface area (Å²) in [5.74, 6) is 0.917. The molecule has 0 unspecified atom stereocenters. The van der Waals surface area contributed by atoms with Crippen molar-refractivity contribution in [1.29, 1.82) is 0 Å². The van der Waals surface area contributed by atoms with Crippen molar-refractivity contribution in [1.82, 2.24) is 0 Å². The summed E-state index contributed by atoms with van der Waals surface area (Å²) in [5, 5.41) is 0. The summed E-state index contributed by atoms with van der Waals surface area (Å²) in [6.07, 6.45) is 0. The first kappa shape index (κ1) is 13.4. The maximum Gasteiger partial charge on any atom is 0.123 e. The van der Waals surface area contributed by atoms with E-state index in [9.17, 15) is 0 Å². The second kappa shape index (κ2) is 6.81. The van der Waals surface area contributed by atoms with Crippen molar-refractivity contribution in [2.75, 3.05) is 25.1 Å². The van der Waals surface area contributed by atoms with Crippen LogP contribution >= 0.6 is 0 Å². The molecule has 2 aromatic carbocycles. The molecule has 0 spiro atoms. The lowest BCUT2D eigenvalue weighted by atomic mass is 10.1. The minimum Gasteiger partial charge on any atom is -0.496 e. The molecule has 0 aliphatic carbocycles. The van der Waals surface area contributed by atoms with E-state index in [0.717, 1.165) is 18.8 Å². The number of hydrogen-bond donors (Lipinski definition) is 1. The van der Waals surface area contributed by atoms with Gasteiger partial charge in [-0.05, 0) is 18.2 Å². The number of rotatable bonds is 6. The fraction of sp³-hybridized carbons (Fsp3) is 0.250. The predicted octanol–water partition coefficient (Wildman–Crippen LogP) is 2.66. The third kappa shape index (κ3) is 3.48. The molecule has 2 rings (SSSR count). The van der Waals surface area contributed by atoms with Crippen LogP contribution < -0.4 is 15.4 Å². The van der Waals surface area contributed by atoms with E-state index in [4.69, 9.17) is 10.5 Å². The molecule has 0 bridgehead atoms. The number of methoxy groups -OCH3 is 1. The Morgan fingerprint density at radius 3 is 2.37 bits per heavy atom. The summed E-state index contributed by atoms with van der Waals surface area (Å²) in [6.45, 7) is 2.25.